The number of carbonyl (C=O) groups is 2. The molecule has 0 spiro atoms. The van der Waals surface area contributed by atoms with Crippen molar-refractivity contribution in [3.8, 4) is 0 Å². The van der Waals surface area contributed by atoms with Crippen LogP contribution in [-0.2, 0) is 10.3 Å². The summed E-state index contributed by atoms with van der Waals surface area (Å²) in [5, 5.41) is 4.65. The number of benzene rings is 1. The summed E-state index contributed by atoms with van der Waals surface area (Å²) in [4.78, 5) is 22.7. The van der Waals surface area contributed by atoms with Crippen LogP contribution in [0.5, 0.6) is 0 Å². The van der Waals surface area contributed by atoms with Gasteiger partial charge in [-0.3, -0.25) is 10.1 Å². The maximum absolute atomic E-state index is 12.9. The molecule has 0 aromatic heterocycles. The topological polar surface area (TPSA) is 58.2 Å². The zero-order valence-electron chi connectivity index (χ0n) is 8.30. The van der Waals surface area contributed by atoms with Gasteiger partial charge in [0.2, 0.25) is 0 Å². The Morgan fingerprint density at radius 3 is 2.56 bits per heavy atom. The standard InChI is InChI=1S/C10H8BrFN2O2/c1-10(8(15)13-9(16)14-10)6-3-2-5(12)4-7(6)11/h2-4H,1H3,(H2,13,14,15,16)/t10-/m1/s1. The lowest BCUT2D eigenvalue weighted by molar-refractivity contribution is -0.123. The zero-order valence-corrected chi connectivity index (χ0v) is 9.89. The molecule has 1 aromatic rings. The highest BCUT2D eigenvalue weighted by molar-refractivity contribution is 9.10. The molecule has 0 radical (unpaired) electrons. The number of amides is 3. The highest BCUT2D eigenvalue weighted by Gasteiger charge is 2.44. The Hall–Kier alpha value is -1.43. The van der Waals surface area contributed by atoms with Crippen LogP contribution in [0.4, 0.5) is 9.18 Å². The van der Waals surface area contributed by atoms with Crippen LogP contribution in [0.15, 0.2) is 22.7 Å². The predicted octanol–water partition coefficient (Wildman–Crippen LogP) is 1.64. The largest absolute Gasteiger partial charge is 0.322 e. The van der Waals surface area contributed by atoms with Gasteiger partial charge in [0.1, 0.15) is 11.4 Å². The third-order valence-electron chi connectivity index (χ3n) is 2.51. The van der Waals surface area contributed by atoms with Gasteiger partial charge in [0.25, 0.3) is 5.91 Å². The molecule has 16 heavy (non-hydrogen) atoms. The summed E-state index contributed by atoms with van der Waals surface area (Å²) in [7, 11) is 0. The van der Waals surface area contributed by atoms with E-state index in [1.165, 1.54) is 18.2 Å². The number of hydrogen-bond donors (Lipinski definition) is 2. The molecule has 3 amide bonds. The van der Waals surface area contributed by atoms with Crippen molar-refractivity contribution in [3.05, 3.63) is 34.1 Å². The summed E-state index contributed by atoms with van der Waals surface area (Å²) in [6, 6.07) is 3.40. The molecule has 1 saturated heterocycles. The summed E-state index contributed by atoms with van der Waals surface area (Å²) in [6.07, 6.45) is 0. The van der Waals surface area contributed by atoms with Crippen molar-refractivity contribution in [1.82, 2.24) is 10.6 Å². The van der Waals surface area contributed by atoms with Crippen LogP contribution < -0.4 is 10.6 Å². The zero-order chi connectivity index (χ0) is 11.9. The van der Waals surface area contributed by atoms with E-state index in [9.17, 15) is 14.0 Å². The number of rotatable bonds is 1. The minimum Gasteiger partial charge on any atom is -0.320 e. The molecule has 4 nitrogen and oxygen atoms in total. The Labute approximate surface area is 99.3 Å². The van der Waals surface area contributed by atoms with Gasteiger partial charge >= 0.3 is 6.03 Å². The van der Waals surface area contributed by atoms with Crippen LogP contribution in [0.1, 0.15) is 12.5 Å². The number of imide groups is 1. The second-order valence-corrected chi connectivity index (χ2v) is 4.51. The highest BCUT2D eigenvalue weighted by Crippen LogP contribution is 2.31. The maximum Gasteiger partial charge on any atom is 0.322 e. The van der Waals surface area contributed by atoms with E-state index in [0.717, 1.165) is 0 Å². The fraction of sp³-hybridized carbons (Fsp3) is 0.200. The van der Waals surface area contributed by atoms with Crippen molar-refractivity contribution in [1.29, 1.82) is 0 Å². The minimum atomic E-state index is -1.16. The number of nitrogens with one attached hydrogen (secondary N) is 2. The second-order valence-electron chi connectivity index (χ2n) is 3.66. The Kier molecular flexibility index (Phi) is 2.46. The quantitative estimate of drug-likeness (QED) is 0.771. The first kappa shape index (κ1) is 11.1. The monoisotopic (exact) mass is 286 g/mol. The maximum atomic E-state index is 12.9. The molecule has 1 heterocycles. The Morgan fingerprint density at radius 2 is 2.06 bits per heavy atom. The second kappa shape index (κ2) is 3.55. The molecule has 84 valence electrons. The lowest BCUT2D eigenvalue weighted by Crippen LogP contribution is -2.40. The van der Waals surface area contributed by atoms with Gasteiger partial charge in [0, 0.05) is 10.0 Å². The van der Waals surface area contributed by atoms with Gasteiger partial charge < -0.3 is 5.32 Å². The molecule has 1 aliphatic heterocycles. The molecule has 1 atom stereocenters. The number of hydrogen-bond acceptors (Lipinski definition) is 2. The average molecular weight is 287 g/mol. The predicted molar refractivity (Wildman–Crippen MR) is 58.1 cm³/mol. The van der Waals surface area contributed by atoms with Gasteiger partial charge in [0.05, 0.1) is 0 Å². The fourth-order valence-corrected chi connectivity index (χ4v) is 2.38. The third kappa shape index (κ3) is 1.59. The van der Waals surface area contributed by atoms with Crippen molar-refractivity contribution in [2.24, 2.45) is 0 Å². The third-order valence-corrected chi connectivity index (χ3v) is 3.17. The van der Waals surface area contributed by atoms with E-state index < -0.39 is 23.3 Å². The van der Waals surface area contributed by atoms with Gasteiger partial charge in [-0.05, 0) is 19.1 Å². The van der Waals surface area contributed by atoms with Crippen LogP contribution in [0.2, 0.25) is 0 Å². The van der Waals surface area contributed by atoms with Crippen LogP contribution in [-0.4, -0.2) is 11.9 Å². The van der Waals surface area contributed by atoms with Crippen molar-refractivity contribution < 1.29 is 14.0 Å². The molecule has 1 aromatic carbocycles. The van der Waals surface area contributed by atoms with Crippen LogP contribution in [0, 0.1) is 5.82 Å². The van der Waals surface area contributed by atoms with E-state index in [1.54, 1.807) is 6.92 Å². The molecule has 0 bridgehead atoms. The summed E-state index contributed by atoms with van der Waals surface area (Å²) < 4.78 is 13.4. The number of carbonyl (C=O) groups excluding carboxylic acids is 2. The summed E-state index contributed by atoms with van der Waals surface area (Å²) in [5.41, 5.74) is -0.652. The van der Waals surface area contributed by atoms with Crippen LogP contribution in [0.25, 0.3) is 0 Å². The van der Waals surface area contributed by atoms with E-state index in [2.05, 4.69) is 26.6 Å². The molecule has 1 fully saturated rings. The SMILES string of the molecule is C[C@]1(c2ccc(F)cc2Br)NC(=O)NC1=O. The van der Waals surface area contributed by atoms with Gasteiger partial charge in [-0.1, -0.05) is 22.0 Å². The lowest BCUT2D eigenvalue weighted by Gasteiger charge is -2.22. The van der Waals surface area contributed by atoms with Crippen molar-refractivity contribution in [2.45, 2.75) is 12.5 Å². The molecule has 2 rings (SSSR count). The first-order valence-corrected chi connectivity index (χ1v) is 5.32. The van der Waals surface area contributed by atoms with Crippen LogP contribution >= 0.6 is 15.9 Å². The molecular weight excluding hydrogens is 279 g/mol. The molecule has 0 unspecified atom stereocenters. The summed E-state index contributed by atoms with van der Waals surface area (Å²) in [5.74, 6) is -0.867. The minimum absolute atomic E-state index is 0.413. The van der Waals surface area contributed by atoms with E-state index in [-0.39, 0.29) is 0 Å². The molecule has 6 heteroatoms. The molecular formula is C10H8BrFN2O2. The normalized spacial score (nSPS) is 24.2. The van der Waals surface area contributed by atoms with E-state index >= 15 is 0 Å². The van der Waals surface area contributed by atoms with E-state index in [4.69, 9.17) is 0 Å². The van der Waals surface area contributed by atoms with Gasteiger partial charge in [-0.2, -0.15) is 0 Å². The van der Waals surface area contributed by atoms with Gasteiger partial charge in [-0.15, -0.1) is 0 Å². The molecule has 0 saturated carbocycles. The smallest absolute Gasteiger partial charge is 0.320 e. The van der Waals surface area contributed by atoms with E-state index in [1.807, 2.05) is 0 Å². The summed E-state index contributed by atoms with van der Waals surface area (Å²) >= 11 is 3.17. The van der Waals surface area contributed by atoms with Crippen molar-refractivity contribution >= 4 is 27.9 Å². The van der Waals surface area contributed by atoms with E-state index in [0.29, 0.717) is 10.0 Å². The number of halogens is 2. The fourth-order valence-electron chi connectivity index (χ4n) is 1.63. The Bertz CT molecular complexity index is 492. The molecule has 2 N–H and O–H groups in total. The molecule has 1 aliphatic rings. The Balaban J connectivity index is 2.51. The van der Waals surface area contributed by atoms with Crippen LogP contribution in [0.3, 0.4) is 0 Å². The highest BCUT2D eigenvalue weighted by atomic mass is 79.9. The van der Waals surface area contributed by atoms with Gasteiger partial charge in [-0.25, -0.2) is 9.18 Å². The van der Waals surface area contributed by atoms with Crippen molar-refractivity contribution in [3.63, 3.8) is 0 Å². The van der Waals surface area contributed by atoms with Gasteiger partial charge in [0.15, 0.2) is 0 Å². The Morgan fingerprint density at radius 1 is 1.38 bits per heavy atom. The first-order valence-electron chi connectivity index (χ1n) is 4.52. The molecule has 0 aliphatic carbocycles. The summed E-state index contributed by atoms with van der Waals surface area (Å²) in [6.45, 7) is 1.56. The number of urea groups is 1. The first-order chi connectivity index (χ1) is 7.43. The lowest BCUT2D eigenvalue weighted by atomic mass is 9.92. The van der Waals surface area contributed by atoms with Crippen molar-refractivity contribution in [2.75, 3.05) is 0 Å². The average Bonchev–Trinajstić information content (AvgIpc) is 2.40.